The molecule has 1 aromatic heterocycles. The Kier molecular flexibility index (Phi) is 4.49. The molecule has 0 unspecified atom stereocenters. The molecule has 0 radical (unpaired) electrons. The minimum absolute atomic E-state index is 0.214. The van der Waals surface area contributed by atoms with Crippen molar-refractivity contribution in [3.05, 3.63) is 17.5 Å². The highest BCUT2D eigenvalue weighted by atomic mass is 16.1. The van der Waals surface area contributed by atoms with Crippen molar-refractivity contribution in [2.75, 3.05) is 13.1 Å². The fourth-order valence-corrected chi connectivity index (χ4v) is 1.54. The lowest BCUT2D eigenvalue weighted by atomic mass is 10.2. The Morgan fingerprint density at radius 3 is 2.87 bits per heavy atom. The number of nitrogens with zero attached hydrogens (tertiary/aromatic N) is 2. The van der Waals surface area contributed by atoms with Gasteiger partial charge in [0.05, 0.1) is 12.2 Å². The number of hydrogen-bond donors (Lipinski definition) is 1. The summed E-state index contributed by atoms with van der Waals surface area (Å²) in [6.07, 6.45) is 0.474. The number of Topliss-reactive ketones (excluding diaryl/α,β-unsaturated/α-hetero) is 1. The van der Waals surface area contributed by atoms with Crippen molar-refractivity contribution in [1.82, 2.24) is 15.1 Å². The van der Waals surface area contributed by atoms with Crippen LogP contribution in [0.25, 0.3) is 0 Å². The molecule has 0 atom stereocenters. The fourth-order valence-electron chi connectivity index (χ4n) is 1.54. The average Bonchev–Trinajstić information content (AvgIpc) is 2.55. The maximum atomic E-state index is 11.5. The molecule has 0 amide bonds. The second-order valence-corrected chi connectivity index (χ2v) is 3.59. The van der Waals surface area contributed by atoms with Crippen molar-refractivity contribution in [2.45, 2.75) is 33.7 Å². The van der Waals surface area contributed by atoms with Gasteiger partial charge in [-0.15, -0.1) is 0 Å². The molecule has 1 rings (SSSR count). The molecule has 0 fully saturated rings. The Balaban J connectivity index is 2.59. The molecule has 1 heterocycles. The lowest BCUT2D eigenvalue weighted by molar-refractivity contribution is -0.117. The van der Waals surface area contributed by atoms with Crippen molar-refractivity contribution >= 4 is 5.78 Å². The summed E-state index contributed by atoms with van der Waals surface area (Å²) in [5.74, 6) is 0.214. The molecule has 0 aromatic carbocycles. The van der Waals surface area contributed by atoms with Gasteiger partial charge in [-0.2, -0.15) is 5.10 Å². The minimum Gasteiger partial charge on any atom is -0.310 e. The number of ketones is 1. The number of carbonyl (C=O) groups is 1. The maximum absolute atomic E-state index is 11.5. The number of carbonyl (C=O) groups excluding carboxylic acids is 1. The van der Waals surface area contributed by atoms with Crippen LogP contribution in [0.1, 0.15) is 25.2 Å². The number of rotatable bonds is 6. The van der Waals surface area contributed by atoms with Crippen LogP contribution in [0.15, 0.2) is 6.07 Å². The summed E-state index contributed by atoms with van der Waals surface area (Å²) in [5, 5.41) is 7.34. The highest BCUT2D eigenvalue weighted by molar-refractivity contribution is 5.82. The third kappa shape index (κ3) is 3.47. The molecule has 4 heteroatoms. The van der Waals surface area contributed by atoms with E-state index in [1.54, 1.807) is 0 Å². The zero-order valence-electron chi connectivity index (χ0n) is 9.71. The molecule has 0 bridgehead atoms. The van der Waals surface area contributed by atoms with E-state index in [0.29, 0.717) is 13.0 Å². The van der Waals surface area contributed by atoms with E-state index in [-0.39, 0.29) is 5.78 Å². The number of aromatic nitrogens is 2. The van der Waals surface area contributed by atoms with Gasteiger partial charge in [0.15, 0.2) is 5.78 Å². The first-order chi connectivity index (χ1) is 7.17. The summed E-state index contributed by atoms with van der Waals surface area (Å²) < 4.78 is 1.89. The van der Waals surface area contributed by atoms with Crippen LogP contribution in [0, 0.1) is 6.92 Å². The first kappa shape index (κ1) is 11.9. The van der Waals surface area contributed by atoms with Crippen LogP contribution in [-0.4, -0.2) is 28.7 Å². The number of nitrogens with one attached hydrogen (secondary N) is 1. The molecule has 0 spiro atoms. The summed E-state index contributed by atoms with van der Waals surface area (Å²) in [7, 11) is 0. The molecular formula is C11H19N3O. The minimum atomic E-state index is 0.214. The lowest BCUT2D eigenvalue weighted by Crippen LogP contribution is -2.24. The van der Waals surface area contributed by atoms with E-state index in [4.69, 9.17) is 0 Å². The van der Waals surface area contributed by atoms with Gasteiger partial charge in [-0.3, -0.25) is 9.48 Å². The van der Waals surface area contributed by atoms with Crippen LogP contribution in [0.5, 0.6) is 0 Å². The molecule has 4 nitrogen and oxygen atoms in total. The van der Waals surface area contributed by atoms with Crippen LogP contribution in [0.2, 0.25) is 0 Å². The summed E-state index contributed by atoms with van der Waals surface area (Å²) in [5.41, 5.74) is 1.99. The average molecular weight is 209 g/mol. The van der Waals surface area contributed by atoms with Gasteiger partial charge >= 0.3 is 0 Å². The van der Waals surface area contributed by atoms with Crippen LogP contribution in [0.4, 0.5) is 0 Å². The van der Waals surface area contributed by atoms with E-state index in [1.807, 2.05) is 31.5 Å². The topological polar surface area (TPSA) is 46.9 Å². The van der Waals surface area contributed by atoms with Crippen molar-refractivity contribution in [3.63, 3.8) is 0 Å². The van der Waals surface area contributed by atoms with Crippen LogP contribution >= 0.6 is 0 Å². The molecule has 0 aliphatic rings. The zero-order valence-corrected chi connectivity index (χ0v) is 9.71. The summed E-state index contributed by atoms with van der Waals surface area (Å²) >= 11 is 0. The standard InChI is InChI=1S/C11H19N3O/c1-4-12-8-11(15)7-10-6-9(3)13-14(10)5-2/h6,12H,4-5,7-8H2,1-3H3. The molecule has 84 valence electrons. The first-order valence-corrected chi connectivity index (χ1v) is 5.43. The Morgan fingerprint density at radius 2 is 2.27 bits per heavy atom. The van der Waals surface area contributed by atoms with Gasteiger partial charge in [-0.1, -0.05) is 6.92 Å². The monoisotopic (exact) mass is 209 g/mol. The maximum Gasteiger partial charge on any atom is 0.152 e. The molecular weight excluding hydrogens is 190 g/mol. The molecule has 0 saturated heterocycles. The molecule has 1 N–H and O–H groups in total. The van der Waals surface area contributed by atoms with Crippen LogP contribution < -0.4 is 5.32 Å². The number of likely N-dealkylation sites (N-methyl/N-ethyl adjacent to an activating group) is 1. The third-order valence-corrected chi connectivity index (χ3v) is 2.24. The largest absolute Gasteiger partial charge is 0.310 e. The molecule has 15 heavy (non-hydrogen) atoms. The lowest BCUT2D eigenvalue weighted by Gasteiger charge is -2.04. The molecule has 0 aliphatic heterocycles. The Bertz CT molecular complexity index is 331. The molecule has 0 aliphatic carbocycles. The Morgan fingerprint density at radius 1 is 1.53 bits per heavy atom. The van der Waals surface area contributed by atoms with Gasteiger partial charge in [0.2, 0.25) is 0 Å². The summed E-state index contributed by atoms with van der Waals surface area (Å²) in [6.45, 7) is 8.07. The SMILES string of the molecule is CCNCC(=O)Cc1cc(C)nn1CC. The van der Waals surface area contributed by atoms with E-state index in [9.17, 15) is 4.79 Å². The van der Waals surface area contributed by atoms with E-state index >= 15 is 0 Å². The van der Waals surface area contributed by atoms with Crippen molar-refractivity contribution < 1.29 is 4.79 Å². The van der Waals surface area contributed by atoms with Crippen LogP contribution in [0.3, 0.4) is 0 Å². The fraction of sp³-hybridized carbons (Fsp3) is 0.636. The predicted octanol–water partition coefficient (Wildman–Crippen LogP) is 0.933. The normalized spacial score (nSPS) is 10.6. The van der Waals surface area contributed by atoms with Crippen molar-refractivity contribution in [1.29, 1.82) is 0 Å². The van der Waals surface area contributed by atoms with Crippen molar-refractivity contribution in [3.8, 4) is 0 Å². The predicted molar refractivity (Wildman–Crippen MR) is 59.9 cm³/mol. The highest BCUT2D eigenvalue weighted by Gasteiger charge is 2.08. The van der Waals surface area contributed by atoms with E-state index in [1.165, 1.54) is 0 Å². The van der Waals surface area contributed by atoms with Gasteiger partial charge < -0.3 is 5.32 Å². The molecule has 1 aromatic rings. The van der Waals surface area contributed by atoms with Gasteiger partial charge in [-0.25, -0.2) is 0 Å². The van der Waals surface area contributed by atoms with Gasteiger partial charge in [-0.05, 0) is 26.5 Å². The van der Waals surface area contributed by atoms with Gasteiger partial charge in [0, 0.05) is 18.7 Å². The van der Waals surface area contributed by atoms with Gasteiger partial charge in [0.1, 0.15) is 0 Å². The summed E-state index contributed by atoms with van der Waals surface area (Å²) in [6, 6.07) is 1.98. The highest BCUT2D eigenvalue weighted by Crippen LogP contribution is 2.04. The van der Waals surface area contributed by atoms with E-state index < -0.39 is 0 Å². The van der Waals surface area contributed by atoms with Gasteiger partial charge in [0.25, 0.3) is 0 Å². The quantitative estimate of drug-likeness (QED) is 0.758. The van der Waals surface area contributed by atoms with E-state index in [0.717, 1.165) is 24.5 Å². The van der Waals surface area contributed by atoms with Crippen LogP contribution in [-0.2, 0) is 17.8 Å². The smallest absolute Gasteiger partial charge is 0.152 e. The number of hydrogen-bond acceptors (Lipinski definition) is 3. The Hall–Kier alpha value is -1.16. The summed E-state index contributed by atoms with van der Waals surface area (Å²) in [4.78, 5) is 11.5. The second kappa shape index (κ2) is 5.66. The Labute approximate surface area is 90.7 Å². The zero-order chi connectivity index (χ0) is 11.3. The van der Waals surface area contributed by atoms with E-state index in [2.05, 4.69) is 10.4 Å². The van der Waals surface area contributed by atoms with Crippen molar-refractivity contribution in [2.24, 2.45) is 0 Å². The molecule has 0 saturated carbocycles. The first-order valence-electron chi connectivity index (χ1n) is 5.43. The number of aryl methyl sites for hydroxylation is 2. The second-order valence-electron chi connectivity index (χ2n) is 3.59. The third-order valence-electron chi connectivity index (χ3n) is 2.24.